The molecule has 110 valence electrons. The quantitative estimate of drug-likeness (QED) is 0.489. The largest absolute Gasteiger partial charge is 0.477 e. The van der Waals surface area contributed by atoms with E-state index in [9.17, 15) is 32.5 Å². The molecule has 0 unspecified atom stereocenters. The summed E-state index contributed by atoms with van der Waals surface area (Å²) in [5.74, 6) is -6.91. The van der Waals surface area contributed by atoms with Crippen molar-refractivity contribution in [1.82, 2.24) is 4.98 Å². The smallest absolute Gasteiger partial charge is 0.342 e. The van der Waals surface area contributed by atoms with Crippen molar-refractivity contribution in [2.75, 3.05) is 6.61 Å². The highest BCUT2D eigenvalue weighted by Gasteiger charge is 2.42. The zero-order valence-corrected chi connectivity index (χ0v) is 9.43. The topological polar surface area (TPSA) is 103 Å². The SMILES string of the molecule is O=C(O)c1cc(OCC(F)(F)C(F)F)ncc1[N+](=O)[O-]. The summed E-state index contributed by atoms with van der Waals surface area (Å²) in [6.45, 7) is -1.74. The average molecular weight is 298 g/mol. The van der Waals surface area contributed by atoms with E-state index in [4.69, 9.17) is 5.11 Å². The molecule has 20 heavy (non-hydrogen) atoms. The lowest BCUT2D eigenvalue weighted by molar-refractivity contribution is -0.385. The van der Waals surface area contributed by atoms with Gasteiger partial charge in [0.15, 0.2) is 6.61 Å². The Morgan fingerprint density at radius 2 is 2.15 bits per heavy atom. The van der Waals surface area contributed by atoms with Gasteiger partial charge in [-0.2, -0.15) is 8.78 Å². The van der Waals surface area contributed by atoms with E-state index < -0.39 is 47.0 Å². The number of rotatable bonds is 6. The van der Waals surface area contributed by atoms with E-state index >= 15 is 0 Å². The molecule has 1 aromatic rings. The van der Waals surface area contributed by atoms with Crippen LogP contribution in [0.15, 0.2) is 12.3 Å². The highest BCUT2D eigenvalue weighted by molar-refractivity contribution is 5.92. The molecule has 0 atom stereocenters. The first-order valence-electron chi connectivity index (χ1n) is 4.81. The lowest BCUT2D eigenvalue weighted by Gasteiger charge is -2.15. The van der Waals surface area contributed by atoms with Crippen LogP contribution in [0.4, 0.5) is 23.2 Å². The minimum Gasteiger partial charge on any atom is -0.477 e. The van der Waals surface area contributed by atoms with Crippen LogP contribution in [-0.4, -0.2) is 39.9 Å². The van der Waals surface area contributed by atoms with Gasteiger partial charge in [-0.25, -0.2) is 18.6 Å². The van der Waals surface area contributed by atoms with Crippen molar-refractivity contribution >= 4 is 11.7 Å². The van der Waals surface area contributed by atoms with Gasteiger partial charge in [0.1, 0.15) is 11.8 Å². The summed E-state index contributed by atoms with van der Waals surface area (Å²) in [6, 6.07) is 0.502. The van der Waals surface area contributed by atoms with E-state index in [1.54, 1.807) is 0 Å². The summed E-state index contributed by atoms with van der Waals surface area (Å²) in [5, 5.41) is 19.2. The minimum atomic E-state index is -4.45. The Kier molecular flexibility index (Phi) is 4.42. The first-order chi connectivity index (χ1) is 9.15. The molecule has 0 aliphatic heterocycles. The third-order valence-electron chi connectivity index (χ3n) is 2.02. The van der Waals surface area contributed by atoms with Crippen LogP contribution >= 0.6 is 0 Å². The van der Waals surface area contributed by atoms with Crippen LogP contribution in [0.1, 0.15) is 10.4 Å². The lowest BCUT2D eigenvalue weighted by Crippen LogP contribution is -2.33. The lowest BCUT2D eigenvalue weighted by atomic mass is 10.2. The molecule has 0 saturated carbocycles. The van der Waals surface area contributed by atoms with Crippen molar-refractivity contribution in [3.8, 4) is 5.88 Å². The summed E-state index contributed by atoms with van der Waals surface area (Å²) in [7, 11) is 0. The molecule has 1 N–H and O–H groups in total. The van der Waals surface area contributed by atoms with Gasteiger partial charge in [-0.05, 0) is 0 Å². The maximum atomic E-state index is 12.6. The molecule has 0 amide bonds. The number of hydrogen-bond acceptors (Lipinski definition) is 5. The Balaban J connectivity index is 2.96. The van der Waals surface area contributed by atoms with E-state index in [0.29, 0.717) is 12.3 Å². The molecule has 0 aliphatic carbocycles. The second kappa shape index (κ2) is 5.67. The number of carboxylic acids is 1. The number of nitro groups is 1. The third-order valence-corrected chi connectivity index (χ3v) is 2.02. The number of nitrogens with zero attached hydrogens (tertiary/aromatic N) is 2. The highest BCUT2D eigenvalue weighted by atomic mass is 19.3. The molecule has 11 heteroatoms. The molecule has 0 radical (unpaired) electrons. The van der Waals surface area contributed by atoms with Gasteiger partial charge in [0.2, 0.25) is 5.88 Å². The summed E-state index contributed by atoms with van der Waals surface area (Å²) in [4.78, 5) is 23.4. The van der Waals surface area contributed by atoms with Crippen molar-refractivity contribution in [2.24, 2.45) is 0 Å². The van der Waals surface area contributed by atoms with Gasteiger partial charge in [0.25, 0.3) is 0 Å². The second-order valence-electron chi connectivity index (χ2n) is 3.45. The summed E-state index contributed by atoms with van der Waals surface area (Å²) >= 11 is 0. The molecule has 0 bridgehead atoms. The summed E-state index contributed by atoms with van der Waals surface area (Å²) in [5.41, 5.74) is -1.74. The molecule has 1 rings (SSSR count). The summed E-state index contributed by atoms with van der Waals surface area (Å²) < 4.78 is 53.1. The van der Waals surface area contributed by atoms with Crippen molar-refractivity contribution in [2.45, 2.75) is 12.3 Å². The van der Waals surface area contributed by atoms with Gasteiger partial charge in [0, 0.05) is 6.07 Å². The van der Waals surface area contributed by atoms with Gasteiger partial charge in [0.05, 0.1) is 4.92 Å². The standard InChI is InChI=1S/C9H6F4N2O5/c10-8(11)9(12,13)3-20-6-1-4(7(16)17)5(2-14-6)15(18)19/h1-2,8H,3H2,(H,16,17). The molecular weight excluding hydrogens is 292 g/mol. The van der Waals surface area contributed by atoms with Crippen molar-refractivity contribution in [3.63, 3.8) is 0 Å². The Bertz CT molecular complexity index is 537. The fraction of sp³-hybridized carbons (Fsp3) is 0.333. The highest BCUT2D eigenvalue weighted by Crippen LogP contribution is 2.25. The van der Waals surface area contributed by atoms with Crippen LogP contribution in [0.25, 0.3) is 0 Å². The van der Waals surface area contributed by atoms with Crippen LogP contribution in [0, 0.1) is 10.1 Å². The van der Waals surface area contributed by atoms with Crippen LogP contribution < -0.4 is 4.74 Å². The maximum absolute atomic E-state index is 12.6. The predicted molar refractivity (Wildman–Crippen MR) is 54.3 cm³/mol. The van der Waals surface area contributed by atoms with Crippen LogP contribution in [0.3, 0.4) is 0 Å². The fourth-order valence-corrected chi connectivity index (χ4v) is 1.06. The van der Waals surface area contributed by atoms with E-state index in [0.717, 1.165) is 0 Å². The van der Waals surface area contributed by atoms with Crippen molar-refractivity contribution in [1.29, 1.82) is 0 Å². The molecule has 1 aromatic heterocycles. The number of alkyl halides is 4. The number of aromatic carboxylic acids is 1. The van der Waals surface area contributed by atoms with Gasteiger partial charge in [-0.15, -0.1) is 0 Å². The normalized spacial score (nSPS) is 11.4. The molecule has 0 aromatic carbocycles. The number of pyridine rings is 1. The Morgan fingerprint density at radius 1 is 1.55 bits per heavy atom. The molecule has 0 aliphatic rings. The zero-order chi connectivity index (χ0) is 15.5. The van der Waals surface area contributed by atoms with E-state index in [2.05, 4.69) is 9.72 Å². The summed E-state index contributed by atoms with van der Waals surface area (Å²) in [6.07, 6.45) is -3.50. The predicted octanol–water partition coefficient (Wildman–Crippen LogP) is 1.97. The first kappa shape index (κ1) is 15.6. The number of halogens is 4. The van der Waals surface area contributed by atoms with Gasteiger partial charge >= 0.3 is 24.0 Å². The Hall–Kier alpha value is -2.46. The number of carbonyl (C=O) groups is 1. The van der Waals surface area contributed by atoms with E-state index in [1.807, 2.05) is 0 Å². The minimum absolute atomic E-state index is 0.472. The number of carboxylic acid groups (broad SMARTS) is 1. The maximum Gasteiger partial charge on any atom is 0.342 e. The van der Waals surface area contributed by atoms with Crippen molar-refractivity contribution in [3.05, 3.63) is 27.9 Å². The van der Waals surface area contributed by atoms with E-state index in [-0.39, 0.29) is 0 Å². The van der Waals surface area contributed by atoms with Crippen LogP contribution in [-0.2, 0) is 0 Å². The molecule has 7 nitrogen and oxygen atoms in total. The fourth-order valence-electron chi connectivity index (χ4n) is 1.06. The van der Waals surface area contributed by atoms with Gasteiger partial charge in [-0.1, -0.05) is 0 Å². The number of aromatic nitrogens is 1. The van der Waals surface area contributed by atoms with E-state index in [1.165, 1.54) is 0 Å². The second-order valence-corrected chi connectivity index (χ2v) is 3.45. The van der Waals surface area contributed by atoms with Crippen LogP contribution in [0.5, 0.6) is 5.88 Å². The van der Waals surface area contributed by atoms with Gasteiger partial charge in [-0.3, -0.25) is 10.1 Å². The molecule has 1 heterocycles. The molecular formula is C9H6F4N2O5. The first-order valence-corrected chi connectivity index (χ1v) is 4.81. The zero-order valence-electron chi connectivity index (χ0n) is 9.43. The monoisotopic (exact) mass is 298 g/mol. The number of hydrogen-bond donors (Lipinski definition) is 1. The van der Waals surface area contributed by atoms with Gasteiger partial charge < -0.3 is 9.84 Å². The van der Waals surface area contributed by atoms with Crippen LogP contribution in [0.2, 0.25) is 0 Å². The Morgan fingerprint density at radius 3 is 2.60 bits per heavy atom. The van der Waals surface area contributed by atoms with Crippen molar-refractivity contribution < 1.29 is 37.1 Å². The molecule has 0 spiro atoms. The molecule has 0 fully saturated rings. The Labute approximate surface area is 107 Å². The number of ether oxygens (including phenoxy) is 1. The average Bonchev–Trinajstić information content (AvgIpc) is 2.35. The molecule has 0 saturated heterocycles. The third kappa shape index (κ3) is 3.52.